The molecule has 2 aromatic carbocycles. The highest BCUT2D eigenvalue weighted by Gasteiger charge is 2.34. The van der Waals surface area contributed by atoms with Gasteiger partial charge in [-0.15, -0.1) is 0 Å². The van der Waals surface area contributed by atoms with E-state index in [1.165, 1.54) is 28.4 Å². The molecular weight excluding hydrogens is 360 g/mol. The third-order valence-corrected chi connectivity index (χ3v) is 4.56. The van der Waals surface area contributed by atoms with Gasteiger partial charge in [0.25, 0.3) is 0 Å². The van der Waals surface area contributed by atoms with Crippen LogP contribution in [0.5, 0.6) is 23.0 Å². The lowest BCUT2D eigenvalue weighted by molar-refractivity contribution is 0.0792. The molecule has 0 saturated carbocycles. The zero-order valence-electron chi connectivity index (χ0n) is 16.9. The molecule has 150 valence electrons. The van der Waals surface area contributed by atoms with Gasteiger partial charge in [-0.25, -0.2) is 0 Å². The molecule has 0 atom stereocenters. The predicted molar refractivity (Wildman–Crippen MR) is 106 cm³/mol. The van der Waals surface area contributed by atoms with E-state index in [1.54, 1.807) is 36.4 Å². The molecule has 0 fully saturated rings. The average Bonchev–Trinajstić information content (AvgIpc) is 2.75. The van der Waals surface area contributed by atoms with Crippen molar-refractivity contribution >= 4 is 11.6 Å². The Hall–Kier alpha value is -3.02. The smallest absolute Gasteiger partial charge is 0.181 e. The summed E-state index contributed by atoms with van der Waals surface area (Å²) in [4.78, 5) is 26.9. The zero-order valence-corrected chi connectivity index (χ0v) is 16.9. The lowest BCUT2D eigenvalue weighted by Gasteiger charge is -2.20. The maximum Gasteiger partial charge on any atom is 0.181 e. The van der Waals surface area contributed by atoms with E-state index in [9.17, 15) is 9.59 Å². The van der Waals surface area contributed by atoms with Crippen molar-refractivity contribution in [1.82, 2.24) is 0 Å². The molecule has 0 unspecified atom stereocenters. The first-order valence-electron chi connectivity index (χ1n) is 9.04. The zero-order chi connectivity index (χ0) is 20.7. The molecule has 0 bridgehead atoms. The fourth-order valence-electron chi connectivity index (χ4n) is 3.21. The van der Waals surface area contributed by atoms with Gasteiger partial charge in [-0.3, -0.25) is 9.59 Å². The number of methoxy groups -OCH3 is 4. The second kappa shape index (κ2) is 9.78. The number of carbonyl (C=O) groups is 2. The topological polar surface area (TPSA) is 71.1 Å². The molecule has 0 saturated heterocycles. The highest BCUT2D eigenvalue weighted by molar-refractivity contribution is 6.19. The Morgan fingerprint density at radius 2 is 1.04 bits per heavy atom. The van der Waals surface area contributed by atoms with Gasteiger partial charge in [-0.05, 0) is 30.7 Å². The largest absolute Gasteiger partial charge is 0.496 e. The van der Waals surface area contributed by atoms with Crippen molar-refractivity contribution in [3.63, 3.8) is 0 Å². The van der Waals surface area contributed by atoms with Gasteiger partial charge < -0.3 is 18.9 Å². The molecule has 28 heavy (non-hydrogen) atoms. The quantitative estimate of drug-likeness (QED) is 0.450. The maximum atomic E-state index is 13.4. The molecule has 0 amide bonds. The van der Waals surface area contributed by atoms with Crippen molar-refractivity contribution < 1.29 is 28.5 Å². The monoisotopic (exact) mass is 386 g/mol. The van der Waals surface area contributed by atoms with Crippen LogP contribution >= 0.6 is 0 Å². The summed E-state index contributed by atoms with van der Waals surface area (Å²) in [6.07, 6.45) is 1.02. The fraction of sp³-hybridized carbons (Fsp3) is 0.364. The molecule has 6 nitrogen and oxygen atoms in total. The number of carbonyl (C=O) groups excluding carboxylic acids is 2. The first-order valence-corrected chi connectivity index (χ1v) is 9.04. The lowest BCUT2D eigenvalue weighted by atomic mass is 9.85. The molecule has 0 spiro atoms. The van der Waals surface area contributed by atoms with E-state index in [4.69, 9.17) is 18.9 Å². The van der Waals surface area contributed by atoms with Crippen molar-refractivity contribution in [2.24, 2.45) is 5.92 Å². The van der Waals surface area contributed by atoms with E-state index < -0.39 is 5.92 Å². The van der Waals surface area contributed by atoms with Crippen LogP contribution in [0.25, 0.3) is 0 Å². The number of rotatable bonds is 10. The molecular formula is C22H26O6. The SMILES string of the molecule is CCCC(C(=O)c1c(OC)cccc1OC)C(=O)c1c(OC)cccc1OC. The van der Waals surface area contributed by atoms with Crippen LogP contribution in [-0.4, -0.2) is 40.0 Å². The summed E-state index contributed by atoms with van der Waals surface area (Å²) in [5.74, 6) is -0.158. The number of hydrogen-bond acceptors (Lipinski definition) is 6. The normalized spacial score (nSPS) is 10.5. The Morgan fingerprint density at radius 3 is 1.29 bits per heavy atom. The maximum absolute atomic E-state index is 13.4. The van der Waals surface area contributed by atoms with Gasteiger partial charge in [0.2, 0.25) is 0 Å². The summed E-state index contributed by atoms with van der Waals surface area (Å²) >= 11 is 0. The molecule has 0 radical (unpaired) electrons. The fourth-order valence-corrected chi connectivity index (χ4v) is 3.21. The summed E-state index contributed by atoms with van der Waals surface area (Å²) in [7, 11) is 5.91. The van der Waals surface area contributed by atoms with Crippen LogP contribution in [0.15, 0.2) is 36.4 Å². The van der Waals surface area contributed by atoms with Gasteiger partial charge >= 0.3 is 0 Å². The van der Waals surface area contributed by atoms with Crippen molar-refractivity contribution in [3.05, 3.63) is 47.5 Å². The van der Waals surface area contributed by atoms with E-state index >= 15 is 0 Å². The molecule has 0 aliphatic heterocycles. The van der Waals surface area contributed by atoms with Crippen molar-refractivity contribution in [1.29, 1.82) is 0 Å². The third kappa shape index (κ3) is 4.11. The van der Waals surface area contributed by atoms with Gasteiger partial charge in [-0.2, -0.15) is 0 Å². The highest BCUT2D eigenvalue weighted by atomic mass is 16.5. The Balaban J connectivity index is 2.59. The predicted octanol–water partition coefficient (Wildman–Crippen LogP) is 4.20. The Kier molecular flexibility index (Phi) is 7.44. The van der Waals surface area contributed by atoms with Crippen molar-refractivity contribution in [2.75, 3.05) is 28.4 Å². The van der Waals surface area contributed by atoms with Crippen molar-refractivity contribution in [3.8, 4) is 23.0 Å². The Bertz CT molecular complexity index is 731. The van der Waals surface area contributed by atoms with Crippen LogP contribution < -0.4 is 18.9 Å². The lowest BCUT2D eigenvalue weighted by Crippen LogP contribution is -2.26. The van der Waals surface area contributed by atoms with Gasteiger partial charge in [-0.1, -0.05) is 25.5 Å². The van der Waals surface area contributed by atoms with Gasteiger partial charge in [0.1, 0.15) is 34.1 Å². The van der Waals surface area contributed by atoms with E-state index in [0.717, 1.165) is 0 Å². The standard InChI is InChI=1S/C22H26O6/c1-6-9-14(21(23)19-15(25-2)10-7-11-16(19)26-3)22(24)20-17(27-4)12-8-13-18(20)28-5/h7-8,10-14H,6,9H2,1-5H3. The number of Topliss-reactive ketones (excluding diaryl/α,β-unsaturated/α-hetero) is 2. The second-order valence-electron chi connectivity index (χ2n) is 6.14. The molecule has 0 aliphatic carbocycles. The average molecular weight is 386 g/mol. The number of hydrogen-bond donors (Lipinski definition) is 0. The molecule has 0 N–H and O–H groups in total. The minimum Gasteiger partial charge on any atom is -0.496 e. The first-order chi connectivity index (χ1) is 13.5. The van der Waals surface area contributed by atoms with Crippen LogP contribution in [0, 0.1) is 5.92 Å². The molecule has 0 heterocycles. The van der Waals surface area contributed by atoms with Crippen LogP contribution in [0.4, 0.5) is 0 Å². The van der Waals surface area contributed by atoms with E-state index in [-0.39, 0.29) is 22.7 Å². The summed E-state index contributed by atoms with van der Waals surface area (Å²) in [5, 5.41) is 0. The second-order valence-corrected chi connectivity index (χ2v) is 6.14. The summed E-state index contributed by atoms with van der Waals surface area (Å²) in [6, 6.07) is 10.2. The van der Waals surface area contributed by atoms with E-state index in [0.29, 0.717) is 35.8 Å². The van der Waals surface area contributed by atoms with Crippen LogP contribution in [0.3, 0.4) is 0 Å². The van der Waals surface area contributed by atoms with Crippen molar-refractivity contribution in [2.45, 2.75) is 19.8 Å². The van der Waals surface area contributed by atoms with Gasteiger partial charge in [0.15, 0.2) is 11.6 Å². The third-order valence-electron chi connectivity index (χ3n) is 4.56. The Labute approximate surface area is 165 Å². The van der Waals surface area contributed by atoms with E-state index in [2.05, 4.69) is 0 Å². The number of benzene rings is 2. The van der Waals surface area contributed by atoms with Crippen LogP contribution in [0.1, 0.15) is 40.5 Å². The van der Waals surface area contributed by atoms with Gasteiger partial charge in [0.05, 0.1) is 34.4 Å². The van der Waals surface area contributed by atoms with Crippen LogP contribution in [-0.2, 0) is 0 Å². The summed E-state index contributed by atoms with van der Waals surface area (Å²) in [5.41, 5.74) is 0.515. The summed E-state index contributed by atoms with van der Waals surface area (Å²) < 4.78 is 21.4. The van der Waals surface area contributed by atoms with E-state index in [1.807, 2.05) is 6.92 Å². The number of ketones is 2. The molecule has 2 rings (SSSR count). The van der Waals surface area contributed by atoms with Crippen LogP contribution in [0.2, 0.25) is 0 Å². The first kappa shape index (κ1) is 21.3. The van der Waals surface area contributed by atoms with Gasteiger partial charge in [0, 0.05) is 0 Å². The molecule has 0 aliphatic rings. The Morgan fingerprint density at radius 1 is 0.714 bits per heavy atom. The highest BCUT2D eigenvalue weighted by Crippen LogP contribution is 2.36. The summed E-state index contributed by atoms with van der Waals surface area (Å²) in [6.45, 7) is 1.92. The minimum absolute atomic E-state index is 0.258. The molecule has 2 aromatic rings. The number of ether oxygens (including phenoxy) is 4. The molecule has 0 aromatic heterocycles. The minimum atomic E-state index is -0.916. The molecule has 6 heteroatoms.